The molecule has 3 aromatic rings. The van der Waals surface area contributed by atoms with Crippen LogP contribution >= 0.6 is 0 Å². The predicted octanol–water partition coefficient (Wildman–Crippen LogP) is 1.68. The maximum atomic E-state index is 12.7. The number of anilines is 1. The van der Waals surface area contributed by atoms with E-state index in [0.29, 0.717) is 22.7 Å². The van der Waals surface area contributed by atoms with Crippen LogP contribution in [0.5, 0.6) is 0 Å². The van der Waals surface area contributed by atoms with E-state index in [9.17, 15) is 13.2 Å². The molecule has 2 heterocycles. The van der Waals surface area contributed by atoms with Gasteiger partial charge in [0.2, 0.25) is 10.0 Å². The molecule has 9 heteroatoms. The number of nitrogens with zero attached hydrogens (tertiary/aromatic N) is 4. The van der Waals surface area contributed by atoms with Gasteiger partial charge in [0.15, 0.2) is 11.5 Å². The second-order valence-corrected chi connectivity index (χ2v) is 7.86. The van der Waals surface area contributed by atoms with Crippen LogP contribution < -0.4 is 4.72 Å². The van der Waals surface area contributed by atoms with E-state index in [1.165, 1.54) is 11.0 Å². The Morgan fingerprint density at radius 1 is 1.23 bits per heavy atom. The monoisotopic (exact) mass is 373 g/mol. The molecule has 0 atom stereocenters. The fourth-order valence-corrected chi connectivity index (χ4v) is 3.19. The van der Waals surface area contributed by atoms with Crippen LogP contribution in [0.15, 0.2) is 42.6 Å². The van der Waals surface area contributed by atoms with E-state index in [1.807, 2.05) is 28.8 Å². The minimum absolute atomic E-state index is 0.241. The van der Waals surface area contributed by atoms with Gasteiger partial charge in [-0.05, 0) is 36.8 Å². The maximum absolute atomic E-state index is 12.7. The summed E-state index contributed by atoms with van der Waals surface area (Å²) in [5.41, 5.74) is 2.22. The molecule has 0 aliphatic rings. The summed E-state index contributed by atoms with van der Waals surface area (Å²) in [6, 6.07) is 10.5. The highest BCUT2D eigenvalue weighted by atomic mass is 32.2. The first-order chi connectivity index (χ1) is 12.2. The van der Waals surface area contributed by atoms with Gasteiger partial charge in [0.05, 0.1) is 18.5 Å². The molecular weight excluding hydrogens is 354 g/mol. The molecule has 1 amide bonds. The van der Waals surface area contributed by atoms with Crippen molar-refractivity contribution in [2.45, 2.75) is 13.5 Å². The van der Waals surface area contributed by atoms with Crippen molar-refractivity contribution in [2.75, 3.05) is 18.0 Å². The van der Waals surface area contributed by atoms with Crippen LogP contribution in [-0.2, 0) is 16.6 Å². The summed E-state index contributed by atoms with van der Waals surface area (Å²) in [5, 5.41) is 8.19. The molecule has 3 rings (SSSR count). The van der Waals surface area contributed by atoms with E-state index in [1.54, 1.807) is 26.1 Å². The van der Waals surface area contributed by atoms with Gasteiger partial charge in [-0.3, -0.25) is 13.9 Å². The minimum Gasteiger partial charge on any atom is -0.334 e. The highest BCUT2D eigenvalue weighted by molar-refractivity contribution is 7.92. The summed E-state index contributed by atoms with van der Waals surface area (Å²) < 4.78 is 27.2. The lowest BCUT2D eigenvalue weighted by molar-refractivity contribution is 0.0781. The lowest BCUT2D eigenvalue weighted by Crippen LogP contribution is -2.27. The fraction of sp³-hybridized carbons (Fsp3) is 0.235. The summed E-state index contributed by atoms with van der Waals surface area (Å²) in [5.74, 6) is 0.396. The third-order valence-electron chi connectivity index (χ3n) is 3.89. The number of benzene rings is 1. The summed E-state index contributed by atoms with van der Waals surface area (Å²) >= 11 is 0. The number of carbonyl (C=O) groups is 1. The minimum atomic E-state index is -3.42. The third kappa shape index (κ3) is 3.83. The number of rotatable bonds is 5. The molecule has 136 valence electrons. The van der Waals surface area contributed by atoms with E-state index in [2.05, 4.69) is 14.9 Å². The van der Waals surface area contributed by atoms with Gasteiger partial charge in [0, 0.05) is 18.8 Å². The van der Waals surface area contributed by atoms with Crippen molar-refractivity contribution in [1.29, 1.82) is 0 Å². The van der Waals surface area contributed by atoms with Crippen molar-refractivity contribution in [1.82, 2.24) is 19.5 Å². The highest BCUT2D eigenvalue weighted by Gasteiger charge is 2.17. The molecule has 0 saturated carbocycles. The average molecular weight is 373 g/mol. The number of aromatic nitrogens is 3. The number of fused-ring (bicyclic) bond motifs is 1. The second kappa shape index (κ2) is 6.75. The number of hydrogen-bond donors (Lipinski definition) is 1. The lowest BCUT2D eigenvalue weighted by Gasteiger charge is -2.17. The molecule has 0 aliphatic heterocycles. The van der Waals surface area contributed by atoms with Gasteiger partial charge in [-0.15, -0.1) is 10.2 Å². The van der Waals surface area contributed by atoms with Crippen LogP contribution in [0.3, 0.4) is 0 Å². The first kappa shape index (κ1) is 17.9. The van der Waals surface area contributed by atoms with Gasteiger partial charge in [-0.1, -0.05) is 12.1 Å². The van der Waals surface area contributed by atoms with Crippen molar-refractivity contribution in [2.24, 2.45) is 0 Å². The zero-order valence-corrected chi connectivity index (χ0v) is 15.5. The van der Waals surface area contributed by atoms with E-state index in [0.717, 1.165) is 11.8 Å². The molecule has 0 bridgehead atoms. The Kier molecular flexibility index (Phi) is 4.64. The van der Waals surface area contributed by atoms with Gasteiger partial charge in [0.1, 0.15) is 0 Å². The Bertz CT molecular complexity index is 1070. The van der Waals surface area contributed by atoms with Crippen molar-refractivity contribution in [3.63, 3.8) is 0 Å². The number of nitrogens with one attached hydrogen (secondary N) is 1. The first-order valence-corrected chi connectivity index (χ1v) is 9.76. The number of amides is 1. The van der Waals surface area contributed by atoms with Gasteiger partial charge < -0.3 is 4.90 Å². The molecule has 0 spiro atoms. The number of hydrogen-bond acceptors (Lipinski definition) is 5. The Balaban J connectivity index is 1.83. The number of carbonyl (C=O) groups excluding carboxylic acids is 1. The van der Waals surface area contributed by atoms with Crippen LogP contribution in [-0.4, -0.2) is 47.1 Å². The maximum Gasteiger partial charge on any atom is 0.254 e. The van der Waals surface area contributed by atoms with Crippen LogP contribution in [0.2, 0.25) is 0 Å². The molecule has 0 unspecified atom stereocenters. The van der Waals surface area contributed by atoms with Crippen molar-refractivity contribution in [3.8, 4) is 0 Å². The summed E-state index contributed by atoms with van der Waals surface area (Å²) in [6.07, 6.45) is 2.91. The van der Waals surface area contributed by atoms with Crippen molar-refractivity contribution < 1.29 is 13.2 Å². The molecule has 1 aromatic carbocycles. The first-order valence-electron chi connectivity index (χ1n) is 7.87. The van der Waals surface area contributed by atoms with Crippen LogP contribution in [0, 0.1) is 6.92 Å². The Labute approximate surface area is 151 Å². The average Bonchev–Trinajstić information content (AvgIpc) is 2.98. The van der Waals surface area contributed by atoms with Crippen LogP contribution in [0.4, 0.5) is 5.69 Å². The number of aryl methyl sites for hydroxylation is 1. The number of pyridine rings is 1. The normalized spacial score (nSPS) is 11.5. The third-order valence-corrected chi connectivity index (χ3v) is 4.48. The molecule has 0 saturated heterocycles. The Hall–Kier alpha value is -2.94. The second-order valence-electron chi connectivity index (χ2n) is 6.11. The number of sulfonamides is 1. The molecule has 2 aromatic heterocycles. The SMILES string of the molecule is Cc1ccc(C(=O)N(C)Cc2nnc3ccccn23)cc1NS(C)(=O)=O. The zero-order chi connectivity index (χ0) is 18.9. The highest BCUT2D eigenvalue weighted by Crippen LogP contribution is 2.19. The van der Waals surface area contributed by atoms with Crippen LogP contribution in [0.25, 0.3) is 5.65 Å². The molecule has 0 fully saturated rings. The Morgan fingerprint density at radius 3 is 2.73 bits per heavy atom. The topological polar surface area (TPSA) is 96.7 Å². The van der Waals surface area contributed by atoms with Gasteiger partial charge in [0.25, 0.3) is 5.91 Å². The zero-order valence-electron chi connectivity index (χ0n) is 14.7. The molecule has 1 N–H and O–H groups in total. The summed E-state index contributed by atoms with van der Waals surface area (Å²) in [6.45, 7) is 2.04. The van der Waals surface area contributed by atoms with E-state index in [4.69, 9.17) is 0 Å². The van der Waals surface area contributed by atoms with Crippen molar-refractivity contribution >= 4 is 27.3 Å². The molecular formula is C17H19N5O3S. The molecule has 26 heavy (non-hydrogen) atoms. The van der Waals surface area contributed by atoms with E-state index in [-0.39, 0.29) is 12.5 Å². The summed E-state index contributed by atoms with van der Waals surface area (Å²) in [4.78, 5) is 14.2. The fourth-order valence-electron chi connectivity index (χ4n) is 2.57. The smallest absolute Gasteiger partial charge is 0.254 e. The molecule has 0 aliphatic carbocycles. The molecule has 8 nitrogen and oxygen atoms in total. The summed E-state index contributed by atoms with van der Waals surface area (Å²) in [7, 11) is -1.76. The van der Waals surface area contributed by atoms with E-state index >= 15 is 0 Å². The van der Waals surface area contributed by atoms with E-state index < -0.39 is 10.0 Å². The van der Waals surface area contributed by atoms with Crippen LogP contribution in [0.1, 0.15) is 21.7 Å². The lowest BCUT2D eigenvalue weighted by atomic mass is 10.1. The molecule has 0 radical (unpaired) electrons. The van der Waals surface area contributed by atoms with Gasteiger partial charge >= 0.3 is 0 Å². The largest absolute Gasteiger partial charge is 0.334 e. The quantitative estimate of drug-likeness (QED) is 0.734. The van der Waals surface area contributed by atoms with Crippen molar-refractivity contribution in [3.05, 3.63) is 59.5 Å². The van der Waals surface area contributed by atoms with Gasteiger partial charge in [-0.25, -0.2) is 8.42 Å². The van der Waals surface area contributed by atoms with Gasteiger partial charge in [-0.2, -0.15) is 0 Å². The predicted molar refractivity (Wildman–Crippen MR) is 98.4 cm³/mol. The standard InChI is InChI=1S/C17H19N5O3S/c1-12-7-8-13(10-14(12)20-26(3,24)25)17(23)21(2)11-16-19-18-15-6-4-5-9-22(15)16/h4-10,20H,11H2,1-3H3. The Morgan fingerprint density at radius 2 is 2.00 bits per heavy atom.